The van der Waals surface area contributed by atoms with Gasteiger partial charge in [0.1, 0.15) is 5.82 Å². The fourth-order valence-electron chi connectivity index (χ4n) is 3.91. The highest BCUT2D eigenvalue weighted by Gasteiger charge is 2.28. The van der Waals surface area contributed by atoms with Crippen molar-refractivity contribution in [3.8, 4) is 0 Å². The zero-order chi connectivity index (χ0) is 16.8. The number of piperidine rings is 1. The summed E-state index contributed by atoms with van der Waals surface area (Å²) in [6, 6.07) is 4.07. The number of nitrogens with zero attached hydrogens (tertiary/aromatic N) is 2. The maximum atomic E-state index is 12.7. The molecule has 0 spiro atoms. The predicted octanol–water partition coefficient (Wildman–Crippen LogP) is 4.18. The summed E-state index contributed by atoms with van der Waals surface area (Å²) < 4.78 is 0. The molecule has 0 unspecified atom stereocenters. The molecule has 132 valence electrons. The molecule has 24 heavy (non-hydrogen) atoms. The first kappa shape index (κ1) is 17.5. The van der Waals surface area contributed by atoms with Gasteiger partial charge in [-0.25, -0.2) is 4.98 Å². The van der Waals surface area contributed by atoms with Crippen LogP contribution in [-0.2, 0) is 4.79 Å². The third-order valence-electron chi connectivity index (χ3n) is 5.28. The third-order valence-corrected chi connectivity index (χ3v) is 5.58. The number of carbonyl (C=O) groups is 1. The summed E-state index contributed by atoms with van der Waals surface area (Å²) in [6.45, 7) is 1.64. The van der Waals surface area contributed by atoms with Crippen LogP contribution in [0.1, 0.15) is 57.8 Å². The molecule has 5 heteroatoms. The Morgan fingerprint density at radius 1 is 1.12 bits per heavy atom. The highest BCUT2D eigenvalue weighted by molar-refractivity contribution is 6.32. The van der Waals surface area contributed by atoms with Crippen LogP contribution in [0.2, 0.25) is 5.02 Å². The van der Waals surface area contributed by atoms with E-state index < -0.39 is 0 Å². The molecule has 1 amide bonds. The standard InChI is InChI=1S/C19H28ClN3O/c20-17-11-6-12-21-18(17)23-13-7-8-15(14-23)19(24)22-16-9-4-2-1-3-5-10-16/h6,11-12,15-16H,1-5,7-10,13-14H2,(H,22,24)/t15-/m0/s1. The van der Waals surface area contributed by atoms with Crippen LogP contribution in [-0.4, -0.2) is 30.0 Å². The Bertz CT molecular complexity index is 543. The molecular formula is C19H28ClN3O. The second kappa shape index (κ2) is 8.70. The Morgan fingerprint density at radius 3 is 2.62 bits per heavy atom. The second-order valence-corrected chi connectivity index (χ2v) is 7.55. The summed E-state index contributed by atoms with van der Waals surface area (Å²) in [4.78, 5) is 19.3. The summed E-state index contributed by atoms with van der Waals surface area (Å²) >= 11 is 6.27. The van der Waals surface area contributed by atoms with E-state index in [0.717, 1.165) is 44.6 Å². The summed E-state index contributed by atoms with van der Waals surface area (Å²) in [7, 11) is 0. The number of amides is 1. The Kier molecular flexibility index (Phi) is 6.36. The molecule has 3 rings (SSSR count). The van der Waals surface area contributed by atoms with E-state index >= 15 is 0 Å². The Labute approximate surface area is 150 Å². The molecule has 0 bridgehead atoms. The molecule has 0 aromatic carbocycles. The molecule has 1 aliphatic carbocycles. The first-order chi connectivity index (χ1) is 11.7. The molecular weight excluding hydrogens is 322 g/mol. The molecule has 1 N–H and O–H groups in total. The quantitative estimate of drug-likeness (QED) is 0.890. The van der Waals surface area contributed by atoms with E-state index in [4.69, 9.17) is 11.6 Å². The Balaban J connectivity index is 1.57. The van der Waals surface area contributed by atoms with Gasteiger partial charge in [-0.2, -0.15) is 0 Å². The van der Waals surface area contributed by atoms with Gasteiger partial charge in [-0.1, -0.05) is 43.7 Å². The molecule has 1 saturated heterocycles. The number of anilines is 1. The number of hydrogen-bond acceptors (Lipinski definition) is 3. The van der Waals surface area contributed by atoms with Crippen LogP contribution in [0.25, 0.3) is 0 Å². The predicted molar refractivity (Wildman–Crippen MR) is 98.4 cm³/mol. The monoisotopic (exact) mass is 349 g/mol. The van der Waals surface area contributed by atoms with Crippen LogP contribution < -0.4 is 10.2 Å². The molecule has 1 saturated carbocycles. The zero-order valence-corrected chi connectivity index (χ0v) is 15.1. The lowest BCUT2D eigenvalue weighted by atomic mass is 9.94. The maximum Gasteiger partial charge on any atom is 0.225 e. The lowest BCUT2D eigenvalue weighted by molar-refractivity contribution is -0.126. The number of pyridine rings is 1. The van der Waals surface area contributed by atoms with E-state index in [9.17, 15) is 4.79 Å². The number of carbonyl (C=O) groups excluding carboxylic acids is 1. The van der Waals surface area contributed by atoms with Crippen LogP contribution in [0.4, 0.5) is 5.82 Å². The van der Waals surface area contributed by atoms with Gasteiger partial charge in [0.25, 0.3) is 0 Å². The van der Waals surface area contributed by atoms with Gasteiger partial charge in [-0.3, -0.25) is 4.79 Å². The van der Waals surface area contributed by atoms with Gasteiger partial charge in [0.15, 0.2) is 0 Å². The van der Waals surface area contributed by atoms with Crippen molar-refractivity contribution >= 4 is 23.3 Å². The van der Waals surface area contributed by atoms with E-state index in [1.807, 2.05) is 12.1 Å². The molecule has 2 heterocycles. The SMILES string of the molecule is O=C(NC1CCCCCCC1)[C@H]1CCCN(c2ncccc2Cl)C1. The molecule has 1 aromatic heterocycles. The van der Waals surface area contributed by atoms with Crippen molar-refractivity contribution in [3.05, 3.63) is 23.4 Å². The highest BCUT2D eigenvalue weighted by Crippen LogP contribution is 2.27. The second-order valence-electron chi connectivity index (χ2n) is 7.14. The summed E-state index contributed by atoms with van der Waals surface area (Å²) in [6.07, 6.45) is 12.4. The van der Waals surface area contributed by atoms with Crippen LogP contribution >= 0.6 is 11.6 Å². The van der Waals surface area contributed by atoms with Crippen LogP contribution in [0.3, 0.4) is 0 Å². The van der Waals surface area contributed by atoms with E-state index in [1.165, 1.54) is 32.1 Å². The molecule has 2 aliphatic rings. The van der Waals surface area contributed by atoms with Crippen LogP contribution in [0, 0.1) is 5.92 Å². The Hall–Kier alpha value is -1.29. The van der Waals surface area contributed by atoms with E-state index in [-0.39, 0.29) is 11.8 Å². The van der Waals surface area contributed by atoms with Crippen molar-refractivity contribution < 1.29 is 4.79 Å². The average Bonchev–Trinajstić information content (AvgIpc) is 2.57. The van der Waals surface area contributed by atoms with Crippen molar-refractivity contribution in [3.63, 3.8) is 0 Å². The van der Waals surface area contributed by atoms with Gasteiger partial charge in [-0.05, 0) is 37.8 Å². The van der Waals surface area contributed by atoms with Gasteiger partial charge in [0.2, 0.25) is 5.91 Å². The van der Waals surface area contributed by atoms with Gasteiger partial charge in [0, 0.05) is 25.3 Å². The van der Waals surface area contributed by atoms with E-state index in [0.29, 0.717) is 11.1 Å². The number of nitrogens with one attached hydrogen (secondary N) is 1. The smallest absolute Gasteiger partial charge is 0.225 e. The minimum atomic E-state index is 0.0438. The fraction of sp³-hybridized carbons (Fsp3) is 0.684. The van der Waals surface area contributed by atoms with Crippen molar-refractivity contribution in [2.24, 2.45) is 5.92 Å². The molecule has 4 nitrogen and oxygen atoms in total. The topological polar surface area (TPSA) is 45.2 Å². The highest BCUT2D eigenvalue weighted by atomic mass is 35.5. The van der Waals surface area contributed by atoms with Crippen LogP contribution in [0.5, 0.6) is 0 Å². The number of halogens is 1. The molecule has 1 atom stereocenters. The molecule has 2 fully saturated rings. The first-order valence-corrected chi connectivity index (χ1v) is 9.77. The van der Waals surface area contributed by atoms with Crippen molar-refractivity contribution in [1.29, 1.82) is 0 Å². The van der Waals surface area contributed by atoms with E-state index in [1.54, 1.807) is 6.20 Å². The van der Waals surface area contributed by atoms with Crippen molar-refractivity contribution in [2.75, 3.05) is 18.0 Å². The molecule has 1 aliphatic heterocycles. The zero-order valence-electron chi connectivity index (χ0n) is 14.3. The third kappa shape index (κ3) is 4.62. The van der Waals surface area contributed by atoms with Gasteiger partial charge >= 0.3 is 0 Å². The van der Waals surface area contributed by atoms with Crippen molar-refractivity contribution in [1.82, 2.24) is 10.3 Å². The normalized spacial score (nSPS) is 23.4. The van der Waals surface area contributed by atoms with E-state index in [2.05, 4.69) is 15.2 Å². The largest absolute Gasteiger partial charge is 0.355 e. The lowest BCUT2D eigenvalue weighted by Gasteiger charge is -2.34. The summed E-state index contributed by atoms with van der Waals surface area (Å²) in [5.41, 5.74) is 0. The first-order valence-electron chi connectivity index (χ1n) is 9.40. The summed E-state index contributed by atoms with van der Waals surface area (Å²) in [5, 5.41) is 3.99. The minimum Gasteiger partial charge on any atom is -0.355 e. The van der Waals surface area contributed by atoms with Gasteiger partial charge in [0.05, 0.1) is 10.9 Å². The minimum absolute atomic E-state index is 0.0438. The maximum absolute atomic E-state index is 12.7. The lowest BCUT2D eigenvalue weighted by Crippen LogP contribution is -2.46. The average molecular weight is 350 g/mol. The summed E-state index contributed by atoms with van der Waals surface area (Å²) in [5.74, 6) is 1.07. The van der Waals surface area contributed by atoms with Gasteiger partial charge in [-0.15, -0.1) is 0 Å². The molecule has 1 aromatic rings. The Morgan fingerprint density at radius 2 is 1.88 bits per heavy atom. The van der Waals surface area contributed by atoms with Crippen molar-refractivity contribution in [2.45, 2.75) is 63.8 Å². The number of rotatable bonds is 3. The van der Waals surface area contributed by atoms with Gasteiger partial charge < -0.3 is 10.2 Å². The molecule has 0 radical (unpaired) electrons. The van der Waals surface area contributed by atoms with Crippen LogP contribution in [0.15, 0.2) is 18.3 Å². The number of aromatic nitrogens is 1. The fourth-order valence-corrected chi connectivity index (χ4v) is 4.15. The number of hydrogen-bond donors (Lipinski definition) is 1.